The zero-order valence-electron chi connectivity index (χ0n) is 40.9. The van der Waals surface area contributed by atoms with Crippen LogP contribution >= 0.6 is 0 Å². The molecule has 75 heavy (non-hydrogen) atoms. The summed E-state index contributed by atoms with van der Waals surface area (Å²) in [7, 11) is 0. The monoisotopic (exact) mass is 955 g/mol. The smallest absolute Gasteiger partial charge is 0.256 e. The Bertz CT molecular complexity index is 4020. The lowest BCUT2D eigenvalue weighted by Crippen LogP contribution is -2.60. The molecule has 12 aromatic rings. The molecule has 350 valence electrons. The number of hydrogen-bond acceptors (Lipinski definition) is 4. The summed E-state index contributed by atoms with van der Waals surface area (Å²) in [5, 5.41) is 0. The number of nitrogens with zero attached hydrogens (tertiary/aromatic N) is 3. The SMILES string of the molecule is c1ccc(-c2ccc3c(c2)B2c4cc(-c5ccccc5)ccc4N(c4c(-c5ccccc5)cccc4-c4ccccc4)c4c(-c5cccc(-c6ccccc6)n5)cc(-c5cccc(-c6ccccc6)n5)c(c42)O3)cc1. The van der Waals surface area contributed by atoms with Crippen molar-refractivity contribution in [2.45, 2.75) is 0 Å². The average Bonchev–Trinajstić information content (AvgIpc) is 3.54. The molecular weight excluding hydrogens is 910 g/mol. The zero-order valence-corrected chi connectivity index (χ0v) is 40.9. The van der Waals surface area contributed by atoms with E-state index in [-0.39, 0.29) is 6.71 Å². The zero-order chi connectivity index (χ0) is 49.7. The van der Waals surface area contributed by atoms with Crippen LogP contribution in [0.5, 0.6) is 11.5 Å². The molecule has 2 aromatic heterocycles. The number of benzene rings is 10. The molecule has 0 radical (unpaired) electrons. The maximum absolute atomic E-state index is 7.59. The Hall–Kier alpha value is -9.84. The first-order valence-electron chi connectivity index (χ1n) is 25.6. The molecule has 4 heterocycles. The van der Waals surface area contributed by atoms with Crippen LogP contribution in [0.4, 0.5) is 17.1 Å². The van der Waals surface area contributed by atoms with E-state index in [4.69, 9.17) is 14.7 Å². The third kappa shape index (κ3) is 7.81. The summed E-state index contributed by atoms with van der Waals surface area (Å²) in [4.78, 5) is 13.7. The lowest BCUT2D eigenvalue weighted by molar-refractivity contribution is 0.489. The Balaban J connectivity index is 1.16. The first kappa shape index (κ1) is 43.9. The van der Waals surface area contributed by atoms with Crippen molar-refractivity contribution < 1.29 is 4.74 Å². The van der Waals surface area contributed by atoms with Gasteiger partial charge < -0.3 is 9.64 Å². The van der Waals surface area contributed by atoms with E-state index >= 15 is 0 Å². The molecular formula is C70H46BN3O. The van der Waals surface area contributed by atoms with Crippen molar-refractivity contribution >= 4 is 40.2 Å². The topological polar surface area (TPSA) is 38.2 Å². The fourth-order valence-electron chi connectivity index (χ4n) is 11.3. The van der Waals surface area contributed by atoms with Gasteiger partial charge >= 0.3 is 0 Å². The van der Waals surface area contributed by atoms with Crippen molar-refractivity contribution in [3.8, 4) is 101 Å². The lowest BCUT2D eigenvalue weighted by Gasteiger charge is -2.43. The van der Waals surface area contributed by atoms with Gasteiger partial charge in [0, 0.05) is 39.1 Å². The summed E-state index contributed by atoms with van der Waals surface area (Å²) < 4.78 is 7.59. The van der Waals surface area contributed by atoms with E-state index < -0.39 is 0 Å². The van der Waals surface area contributed by atoms with Gasteiger partial charge in [0.05, 0.1) is 34.2 Å². The minimum atomic E-state index is -0.283. The molecule has 0 saturated carbocycles. The minimum absolute atomic E-state index is 0.283. The van der Waals surface area contributed by atoms with E-state index in [1.165, 1.54) is 5.46 Å². The molecule has 14 rings (SSSR count). The quantitative estimate of drug-likeness (QED) is 0.135. The number of anilines is 3. The Morgan fingerprint density at radius 1 is 0.293 bits per heavy atom. The van der Waals surface area contributed by atoms with Gasteiger partial charge in [0.1, 0.15) is 11.5 Å². The second kappa shape index (κ2) is 18.6. The summed E-state index contributed by atoms with van der Waals surface area (Å²) in [6.45, 7) is -0.283. The molecule has 0 atom stereocenters. The molecule has 0 fully saturated rings. The third-order valence-electron chi connectivity index (χ3n) is 14.7. The molecule has 0 aliphatic carbocycles. The largest absolute Gasteiger partial charge is 0.458 e. The standard InChI is InChI=1S/C70H46BN3O/c1-7-22-47(23-8-1)53-40-42-65-59(44-53)71-60-45-54(48-24-9-2-10-25-48)41-43-66(60)75-70-58(64-39-21-37-62(73-64)52-32-17-6-18-33-52)46-57(63-38-20-36-61(72-63)51-30-15-5-16-31-51)69(67(70)71)74(65)68-55(49-26-11-3-12-27-49)34-19-35-56(68)50-28-13-4-14-29-50/h1-46H. The summed E-state index contributed by atoms with van der Waals surface area (Å²) in [5.41, 5.74) is 22.8. The molecule has 10 aromatic carbocycles. The van der Waals surface area contributed by atoms with Gasteiger partial charge in [-0.3, -0.25) is 0 Å². The molecule has 0 N–H and O–H groups in total. The summed E-state index contributed by atoms with van der Waals surface area (Å²) >= 11 is 0. The number of para-hydroxylation sites is 1. The predicted molar refractivity (Wildman–Crippen MR) is 311 cm³/mol. The highest BCUT2D eigenvalue weighted by molar-refractivity contribution is 6.99. The Kier molecular flexibility index (Phi) is 10.9. The highest BCUT2D eigenvalue weighted by Gasteiger charge is 2.46. The van der Waals surface area contributed by atoms with E-state index in [1.54, 1.807) is 0 Å². The van der Waals surface area contributed by atoms with Crippen molar-refractivity contribution in [2.75, 3.05) is 4.90 Å². The molecule has 0 unspecified atom stereocenters. The molecule has 0 saturated heterocycles. The highest BCUT2D eigenvalue weighted by Crippen LogP contribution is 2.53. The summed E-state index contributed by atoms with van der Waals surface area (Å²) in [6.07, 6.45) is 0. The van der Waals surface area contributed by atoms with E-state index in [2.05, 4.69) is 278 Å². The number of aromatic nitrogens is 2. The van der Waals surface area contributed by atoms with Crippen LogP contribution < -0.4 is 26.0 Å². The molecule has 2 aliphatic rings. The van der Waals surface area contributed by atoms with Gasteiger partial charge in [-0.25, -0.2) is 9.97 Å². The van der Waals surface area contributed by atoms with Gasteiger partial charge in [-0.1, -0.05) is 237 Å². The van der Waals surface area contributed by atoms with E-state index in [0.29, 0.717) is 0 Å². The maximum atomic E-state index is 7.59. The average molecular weight is 956 g/mol. The van der Waals surface area contributed by atoms with Crippen LogP contribution in [-0.4, -0.2) is 16.7 Å². The summed E-state index contributed by atoms with van der Waals surface area (Å²) in [6, 6.07) is 99.5. The van der Waals surface area contributed by atoms with Crippen LogP contribution in [0.2, 0.25) is 0 Å². The number of pyridine rings is 2. The van der Waals surface area contributed by atoms with E-state index in [0.717, 1.165) is 129 Å². The van der Waals surface area contributed by atoms with Gasteiger partial charge in [-0.2, -0.15) is 0 Å². The van der Waals surface area contributed by atoms with Crippen LogP contribution in [0.3, 0.4) is 0 Å². The van der Waals surface area contributed by atoms with Crippen molar-refractivity contribution in [3.05, 3.63) is 279 Å². The van der Waals surface area contributed by atoms with Crippen molar-refractivity contribution in [3.63, 3.8) is 0 Å². The fraction of sp³-hybridized carbons (Fsp3) is 0. The molecule has 5 heteroatoms. The van der Waals surface area contributed by atoms with Crippen molar-refractivity contribution in [1.29, 1.82) is 0 Å². The number of ether oxygens (including phenoxy) is 1. The third-order valence-corrected chi connectivity index (χ3v) is 14.7. The number of fused-ring (bicyclic) bond motifs is 4. The van der Waals surface area contributed by atoms with E-state index in [9.17, 15) is 0 Å². The van der Waals surface area contributed by atoms with Gasteiger partial charge in [-0.15, -0.1) is 0 Å². The molecule has 0 spiro atoms. The molecule has 0 amide bonds. The van der Waals surface area contributed by atoms with Crippen molar-refractivity contribution in [1.82, 2.24) is 9.97 Å². The van der Waals surface area contributed by atoms with Crippen LogP contribution in [0.25, 0.3) is 89.5 Å². The number of hydrogen-bond donors (Lipinski definition) is 0. The normalized spacial score (nSPS) is 12.1. The lowest BCUT2D eigenvalue weighted by atomic mass is 9.33. The minimum Gasteiger partial charge on any atom is -0.458 e. The van der Waals surface area contributed by atoms with E-state index in [1.807, 2.05) is 6.07 Å². The van der Waals surface area contributed by atoms with Gasteiger partial charge in [0.15, 0.2) is 0 Å². The van der Waals surface area contributed by atoms with Crippen LogP contribution in [0.1, 0.15) is 0 Å². The Labute approximate surface area is 437 Å². The van der Waals surface area contributed by atoms with Crippen LogP contribution in [0.15, 0.2) is 279 Å². The first-order valence-corrected chi connectivity index (χ1v) is 25.6. The van der Waals surface area contributed by atoms with Gasteiger partial charge in [-0.05, 0) is 92.2 Å². The first-order chi connectivity index (χ1) is 37.2. The second-order valence-corrected chi connectivity index (χ2v) is 19.2. The fourth-order valence-corrected chi connectivity index (χ4v) is 11.3. The molecule has 2 aliphatic heterocycles. The van der Waals surface area contributed by atoms with Crippen molar-refractivity contribution in [2.24, 2.45) is 0 Å². The Morgan fingerprint density at radius 3 is 1.24 bits per heavy atom. The summed E-state index contributed by atoms with van der Waals surface area (Å²) in [5.74, 6) is 1.59. The Morgan fingerprint density at radius 2 is 0.720 bits per heavy atom. The maximum Gasteiger partial charge on any atom is 0.256 e. The number of rotatable bonds is 9. The van der Waals surface area contributed by atoms with Gasteiger partial charge in [0.2, 0.25) is 0 Å². The molecule has 0 bridgehead atoms. The second-order valence-electron chi connectivity index (χ2n) is 19.2. The predicted octanol–water partition coefficient (Wildman–Crippen LogP) is 16.2. The van der Waals surface area contributed by atoms with Gasteiger partial charge in [0.25, 0.3) is 6.71 Å². The van der Waals surface area contributed by atoms with Crippen LogP contribution in [0, 0.1) is 0 Å². The highest BCUT2D eigenvalue weighted by atomic mass is 16.5. The molecule has 4 nitrogen and oxygen atoms in total. The van der Waals surface area contributed by atoms with Crippen LogP contribution in [-0.2, 0) is 0 Å².